The van der Waals surface area contributed by atoms with Crippen LogP contribution in [-0.4, -0.2) is 35.6 Å². The van der Waals surface area contributed by atoms with Crippen LogP contribution in [-0.2, 0) is 4.79 Å². The lowest BCUT2D eigenvalue weighted by atomic mass is 9.85. The molecule has 2 rings (SSSR count). The van der Waals surface area contributed by atoms with Crippen LogP contribution in [0, 0.1) is 11.8 Å². The van der Waals surface area contributed by atoms with Gasteiger partial charge in [0.2, 0.25) is 5.91 Å². The Bertz CT molecular complexity index is 253. The Morgan fingerprint density at radius 2 is 1.71 bits per heavy atom. The van der Waals surface area contributed by atoms with Crippen LogP contribution in [0.3, 0.4) is 0 Å². The zero-order valence-corrected chi connectivity index (χ0v) is 10.9. The molecule has 0 aromatic heterocycles. The van der Waals surface area contributed by atoms with E-state index in [0.717, 1.165) is 38.5 Å². The number of aliphatic hydroxyl groups is 1. The molecule has 0 aliphatic heterocycles. The van der Waals surface area contributed by atoms with Gasteiger partial charge in [-0.3, -0.25) is 4.79 Å². The average molecular weight is 239 g/mol. The van der Waals surface area contributed by atoms with Crippen molar-refractivity contribution in [3.63, 3.8) is 0 Å². The van der Waals surface area contributed by atoms with Crippen molar-refractivity contribution in [1.29, 1.82) is 0 Å². The molecular formula is C14H25NO2. The van der Waals surface area contributed by atoms with Gasteiger partial charge in [0.25, 0.3) is 0 Å². The molecule has 0 atom stereocenters. The van der Waals surface area contributed by atoms with Crippen LogP contribution < -0.4 is 0 Å². The van der Waals surface area contributed by atoms with E-state index < -0.39 is 0 Å². The minimum atomic E-state index is 0.301. The van der Waals surface area contributed by atoms with Gasteiger partial charge in [-0.1, -0.05) is 12.8 Å². The number of carbonyl (C=O) groups excluding carboxylic acids is 1. The standard InChI is InChI=1S/C14H25NO2/c1-15(14(17)12-4-2-3-5-12)13-8-6-11(10-16)7-9-13/h11-13,16H,2-10H2,1H3. The molecule has 0 radical (unpaired) electrons. The van der Waals surface area contributed by atoms with Crippen molar-refractivity contribution < 1.29 is 9.90 Å². The van der Waals surface area contributed by atoms with Crippen molar-refractivity contribution in [3.05, 3.63) is 0 Å². The van der Waals surface area contributed by atoms with Gasteiger partial charge >= 0.3 is 0 Å². The smallest absolute Gasteiger partial charge is 0.225 e. The largest absolute Gasteiger partial charge is 0.396 e. The number of nitrogens with zero attached hydrogens (tertiary/aromatic N) is 1. The SMILES string of the molecule is CN(C(=O)C1CCCC1)C1CCC(CO)CC1. The quantitative estimate of drug-likeness (QED) is 0.820. The molecular weight excluding hydrogens is 214 g/mol. The molecule has 0 heterocycles. The molecule has 1 N–H and O–H groups in total. The van der Waals surface area contributed by atoms with Crippen molar-refractivity contribution in [2.24, 2.45) is 11.8 Å². The second kappa shape index (κ2) is 5.85. The first-order valence-corrected chi connectivity index (χ1v) is 7.10. The number of aliphatic hydroxyl groups excluding tert-OH is 1. The molecule has 0 unspecified atom stereocenters. The summed E-state index contributed by atoms with van der Waals surface area (Å²) >= 11 is 0. The van der Waals surface area contributed by atoms with Gasteiger partial charge in [-0.2, -0.15) is 0 Å². The van der Waals surface area contributed by atoms with E-state index in [1.54, 1.807) is 0 Å². The van der Waals surface area contributed by atoms with Crippen LogP contribution in [0.1, 0.15) is 51.4 Å². The summed E-state index contributed by atoms with van der Waals surface area (Å²) in [6.45, 7) is 0.313. The van der Waals surface area contributed by atoms with E-state index in [0.29, 0.717) is 30.4 Å². The highest BCUT2D eigenvalue weighted by Gasteiger charge is 2.31. The zero-order valence-electron chi connectivity index (χ0n) is 10.9. The zero-order chi connectivity index (χ0) is 12.3. The number of amides is 1. The molecule has 2 saturated carbocycles. The monoisotopic (exact) mass is 239 g/mol. The molecule has 2 aliphatic carbocycles. The van der Waals surface area contributed by atoms with E-state index >= 15 is 0 Å². The predicted octanol–water partition coefficient (Wildman–Crippen LogP) is 2.19. The summed E-state index contributed by atoms with van der Waals surface area (Å²) in [5.74, 6) is 1.15. The third kappa shape index (κ3) is 3.01. The van der Waals surface area contributed by atoms with Crippen LogP contribution >= 0.6 is 0 Å². The van der Waals surface area contributed by atoms with Crippen LogP contribution in [0.4, 0.5) is 0 Å². The third-order valence-corrected chi connectivity index (χ3v) is 4.67. The lowest BCUT2D eigenvalue weighted by Gasteiger charge is -2.35. The Kier molecular flexibility index (Phi) is 4.43. The number of carbonyl (C=O) groups is 1. The first kappa shape index (κ1) is 12.9. The molecule has 0 spiro atoms. The molecule has 98 valence electrons. The molecule has 0 saturated heterocycles. The van der Waals surface area contributed by atoms with Gasteiger partial charge < -0.3 is 10.0 Å². The second-order valence-corrected chi connectivity index (χ2v) is 5.79. The van der Waals surface area contributed by atoms with E-state index in [-0.39, 0.29) is 0 Å². The fourth-order valence-corrected chi connectivity index (χ4v) is 3.36. The van der Waals surface area contributed by atoms with Gasteiger partial charge in [-0.05, 0) is 44.4 Å². The lowest BCUT2D eigenvalue weighted by molar-refractivity contribution is -0.136. The molecule has 3 heteroatoms. The molecule has 1 amide bonds. The average Bonchev–Trinajstić information content (AvgIpc) is 2.91. The summed E-state index contributed by atoms with van der Waals surface area (Å²) in [6.07, 6.45) is 8.92. The minimum absolute atomic E-state index is 0.301. The van der Waals surface area contributed by atoms with Gasteiger partial charge in [0.1, 0.15) is 0 Å². The molecule has 0 aromatic rings. The van der Waals surface area contributed by atoms with E-state index in [1.807, 2.05) is 11.9 Å². The van der Waals surface area contributed by atoms with Crippen LogP contribution in [0.5, 0.6) is 0 Å². The number of hydrogen-bond acceptors (Lipinski definition) is 2. The summed E-state index contributed by atoms with van der Waals surface area (Å²) in [7, 11) is 1.98. The van der Waals surface area contributed by atoms with Crippen molar-refractivity contribution >= 4 is 5.91 Å². The van der Waals surface area contributed by atoms with Crippen molar-refractivity contribution in [2.75, 3.05) is 13.7 Å². The van der Waals surface area contributed by atoms with Crippen molar-refractivity contribution in [1.82, 2.24) is 4.90 Å². The Hall–Kier alpha value is -0.570. The minimum Gasteiger partial charge on any atom is -0.396 e. The highest BCUT2D eigenvalue weighted by atomic mass is 16.3. The van der Waals surface area contributed by atoms with E-state index in [4.69, 9.17) is 5.11 Å². The highest BCUT2D eigenvalue weighted by Crippen LogP contribution is 2.31. The summed E-state index contributed by atoms with van der Waals surface area (Å²) in [4.78, 5) is 14.3. The van der Waals surface area contributed by atoms with E-state index in [1.165, 1.54) is 12.8 Å². The van der Waals surface area contributed by atoms with Crippen LogP contribution in [0.2, 0.25) is 0 Å². The molecule has 2 aliphatic rings. The van der Waals surface area contributed by atoms with Crippen molar-refractivity contribution in [2.45, 2.75) is 57.4 Å². The fraction of sp³-hybridized carbons (Fsp3) is 0.929. The predicted molar refractivity (Wildman–Crippen MR) is 67.6 cm³/mol. The lowest BCUT2D eigenvalue weighted by Crippen LogP contribution is -2.42. The summed E-state index contributed by atoms with van der Waals surface area (Å²) in [5, 5.41) is 9.12. The molecule has 17 heavy (non-hydrogen) atoms. The summed E-state index contributed by atoms with van der Waals surface area (Å²) in [6, 6.07) is 0.422. The highest BCUT2D eigenvalue weighted by molar-refractivity contribution is 5.79. The number of rotatable bonds is 3. The Morgan fingerprint density at radius 3 is 2.24 bits per heavy atom. The summed E-state index contributed by atoms with van der Waals surface area (Å²) < 4.78 is 0. The van der Waals surface area contributed by atoms with Gasteiger partial charge in [0, 0.05) is 25.6 Å². The van der Waals surface area contributed by atoms with Gasteiger partial charge in [0.05, 0.1) is 0 Å². The fourth-order valence-electron chi connectivity index (χ4n) is 3.36. The van der Waals surface area contributed by atoms with Crippen molar-refractivity contribution in [3.8, 4) is 0 Å². The van der Waals surface area contributed by atoms with Crippen LogP contribution in [0.25, 0.3) is 0 Å². The molecule has 0 aromatic carbocycles. The molecule has 2 fully saturated rings. The van der Waals surface area contributed by atoms with Gasteiger partial charge in [-0.15, -0.1) is 0 Å². The second-order valence-electron chi connectivity index (χ2n) is 5.79. The van der Waals surface area contributed by atoms with E-state index in [2.05, 4.69) is 0 Å². The first-order valence-electron chi connectivity index (χ1n) is 7.10. The Balaban J connectivity index is 1.83. The summed E-state index contributed by atoms with van der Waals surface area (Å²) in [5.41, 5.74) is 0. The maximum absolute atomic E-state index is 12.3. The van der Waals surface area contributed by atoms with E-state index in [9.17, 15) is 4.79 Å². The maximum Gasteiger partial charge on any atom is 0.225 e. The van der Waals surface area contributed by atoms with Gasteiger partial charge in [0.15, 0.2) is 0 Å². The maximum atomic E-state index is 12.3. The first-order chi connectivity index (χ1) is 8.22. The molecule has 0 bridgehead atoms. The van der Waals surface area contributed by atoms with Gasteiger partial charge in [-0.25, -0.2) is 0 Å². The topological polar surface area (TPSA) is 40.5 Å². The van der Waals surface area contributed by atoms with Crippen LogP contribution in [0.15, 0.2) is 0 Å². The third-order valence-electron chi connectivity index (χ3n) is 4.67. The number of hydrogen-bond donors (Lipinski definition) is 1. The normalized spacial score (nSPS) is 30.5. The molecule has 3 nitrogen and oxygen atoms in total. The Labute approximate surface area is 104 Å². The Morgan fingerprint density at radius 1 is 1.12 bits per heavy atom.